The number of likely N-dealkylation sites (tertiary alicyclic amines) is 1. The third-order valence-electron chi connectivity index (χ3n) is 4.92. The number of benzene rings is 1. The van der Waals surface area contributed by atoms with E-state index in [1.807, 2.05) is 13.8 Å². The molecule has 0 aliphatic carbocycles. The van der Waals surface area contributed by atoms with Gasteiger partial charge in [-0.15, -0.1) is 0 Å². The molecule has 1 aliphatic rings. The fourth-order valence-corrected chi connectivity index (χ4v) is 3.56. The smallest absolute Gasteiger partial charge is 0.275 e. The quantitative estimate of drug-likeness (QED) is 0.872. The minimum absolute atomic E-state index is 0.0277. The zero-order valence-corrected chi connectivity index (χ0v) is 15.9. The predicted molar refractivity (Wildman–Crippen MR) is 104 cm³/mol. The van der Waals surface area contributed by atoms with E-state index in [-0.39, 0.29) is 23.4 Å². The second-order valence-corrected chi connectivity index (χ2v) is 6.92. The Kier molecular flexibility index (Phi) is 5.88. The van der Waals surface area contributed by atoms with Crippen molar-refractivity contribution in [1.82, 2.24) is 20.0 Å². The molecule has 1 saturated heterocycles. The van der Waals surface area contributed by atoms with Gasteiger partial charge in [0, 0.05) is 37.5 Å². The number of fused-ring (bicyclic) bond motifs is 1. The molecule has 7 heteroatoms. The highest BCUT2D eigenvalue weighted by molar-refractivity contribution is 6.04. The average Bonchev–Trinajstić information content (AvgIpc) is 2.68. The molecule has 7 nitrogen and oxygen atoms in total. The van der Waals surface area contributed by atoms with E-state index in [0.717, 1.165) is 19.3 Å². The van der Waals surface area contributed by atoms with Crippen molar-refractivity contribution in [2.45, 2.75) is 52.1 Å². The molecular formula is C20H26N4O3. The monoisotopic (exact) mass is 370 g/mol. The molecule has 0 saturated carbocycles. The largest absolute Gasteiger partial charge is 0.352 e. The summed E-state index contributed by atoms with van der Waals surface area (Å²) in [6.07, 6.45) is 2.99. The maximum Gasteiger partial charge on any atom is 0.275 e. The number of aromatic nitrogens is 2. The van der Waals surface area contributed by atoms with Crippen LogP contribution in [0.1, 0.15) is 50.0 Å². The Bertz CT molecular complexity index is 906. The molecule has 1 N–H and O–H groups in total. The molecule has 1 aromatic carbocycles. The van der Waals surface area contributed by atoms with Gasteiger partial charge in [-0.3, -0.25) is 14.4 Å². The number of hydrogen-bond acceptors (Lipinski definition) is 4. The minimum atomic E-state index is -0.192. The van der Waals surface area contributed by atoms with E-state index in [4.69, 9.17) is 0 Å². The van der Waals surface area contributed by atoms with Crippen molar-refractivity contribution in [3.05, 3.63) is 40.3 Å². The first-order valence-corrected chi connectivity index (χ1v) is 9.63. The van der Waals surface area contributed by atoms with Gasteiger partial charge in [0.1, 0.15) is 0 Å². The lowest BCUT2D eigenvalue weighted by Crippen LogP contribution is -2.50. The maximum atomic E-state index is 13.2. The fraction of sp³-hybridized carbons (Fsp3) is 0.500. The molecule has 2 amide bonds. The lowest BCUT2D eigenvalue weighted by atomic mass is 10.0. The van der Waals surface area contributed by atoms with Gasteiger partial charge in [0.15, 0.2) is 5.69 Å². The van der Waals surface area contributed by atoms with Crippen LogP contribution in [-0.2, 0) is 11.3 Å². The predicted octanol–water partition coefficient (Wildman–Crippen LogP) is 1.94. The Morgan fingerprint density at radius 2 is 1.96 bits per heavy atom. The van der Waals surface area contributed by atoms with Gasteiger partial charge >= 0.3 is 0 Å². The molecule has 0 radical (unpaired) electrons. The van der Waals surface area contributed by atoms with Crippen LogP contribution in [0.25, 0.3) is 10.8 Å². The summed E-state index contributed by atoms with van der Waals surface area (Å²) in [6, 6.07) is 7.05. The van der Waals surface area contributed by atoms with E-state index in [9.17, 15) is 14.4 Å². The van der Waals surface area contributed by atoms with Crippen LogP contribution in [0.2, 0.25) is 0 Å². The molecule has 0 spiro atoms. The molecule has 27 heavy (non-hydrogen) atoms. The highest BCUT2D eigenvalue weighted by Crippen LogP contribution is 2.18. The zero-order valence-electron chi connectivity index (χ0n) is 15.9. The molecule has 2 aromatic rings. The van der Waals surface area contributed by atoms with E-state index in [1.165, 1.54) is 4.68 Å². The van der Waals surface area contributed by atoms with E-state index < -0.39 is 0 Å². The highest BCUT2D eigenvalue weighted by atomic mass is 16.2. The van der Waals surface area contributed by atoms with Gasteiger partial charge in [-0.05, 0) is 32.3 Å². The molecule has 2 heterocycles. The lowest BCUT2D eigenvalue weighted by Gasteiger charge is -2.33. The van der Waals surface area contributed by atoms with Gasteiger partial charge in [-0.2, -0.15) is 5.10 Å². The zero-order chi connectivity index (χ0) is 19.4. The Morgan fingerprint density at radius 1 is 1.22 bits per heavy atom. The van der Waals surface area contributed by atoms with E-state index >= 15 is 0 Å². The Hall–Kier alpha value is -2.70. The number of nitrogens with one attached hydrogen (secondary N) is 1. The normalized spacial score (nSPS) is 17.1. The van der Waals surface area contributed by atoms with Gasteiger partial charge in [0.05, 0.1) is 5.39 Å². The summed E-state index contributed by atoms with van der Waals surface area (Å²) in [5.74, 6) is -0.164. The van der Waals surface area contributed by atoms with Crippen LogP contribution in [0, 0.1) is 0 Å². The molecule has 1 fully saturated rings. The molecule has 144 valence electrons. The summed E-state index contributed by atoms with van der Waals surface area (Å²) in [5, 5.41) is 8.43. The number of aryl methyl sites for hydroxylation is 1. The van der Waals surface area contributed by atoms with Gasteiger partial charge in [-0.1, -0.05) is 25.1 Å². The van der Waals surface area contributed by atoms with Crippen molar-refractivity contribution < 1.29 is 9.59 Å². The minimum Gasteiger partial charge on any atom is -0.352 e. The van der Waals surface area contributed by atoms with Crippen LogP contribution in [0.4, 0.5) is 0 Å². The second-order valence-electron chi connectivity index (χ2n) is 6.92. The van der Waals surface area contributed by atoms with Gasteiger partial charge in [0.25, 0.3) is 11.5 Å². The third kappa shape index (κ3) is 4.02. The summed E-state index contributed by atoms with van der Waals surface area (Å²) < 4.78 is 1.33. The van der Waals surface area contributed by atoms with Gasteiger partial charge in [0.2, 0.25) is 5.91 Å². The van der Waals surface area contributed by atoms with Crippen LogP contribution >= 0.6 is 0 Å². The van der Waals surface area contributed by atoms with Crippen LogP contribution in [-0.4, -0.2) is 45.6 Å². The lowest BCUT2D eigenvalue weighted by molar-refractivity contribution is -0.122. The fourth-order valence-electron chi connectivity index (χ4n) is 3.56. The summed E-state index contributed by atoms with van der Waals surface area (Å²) in [6.45, 7) is 5.29. The standard InChI is InChI=1S/C20H26N4O3/c1-3-8-17(25)21-14-9-7-12-23(13-14)20(27)18-15-10-5-6-11-16(15)19(26)24(4-2)22-18/h5-6,10-11,14H,3-4,7-9,12-13H2,1-2H3,(H,21,25). The SMILES string of the molecule is CCCC(=O)NC1CCCN(C(=O)c2nn(CC)c(=O)c3ccccc23)C1. The van der Waals surface area contributed by atoms with E-state index in [0.29, 0.717) is 42.5 Å². The van der Waals surface area contributed by atoms with Crippen molar-refractivity contribution in [2.24, 2.45) is 0 Å². The first-order valence-electron chi connectivity index (χ1n) is 9.63. The summed E-state index contributed by atoms with van der Waals surface area (Å²) >= 11 is 0. The summed E-state index contributed by atoms with van der Waals surface area (Å²) in [7, 11) is 0. The van der Waals surface area contributed by atoms with Crippen LogP contribution in [0.3, 0.4) is 0 Å². The third-order valence-corrected chi connectivity index (χ3v) is 4.92. The second kappa shape index (κ2) is 8.33. The molecule has 1 aromatic heterocycles. The number of hydrogen-bond donors (Lipinski definition) is 1. The molecular weight excluding hydrogens is 344 g/mol. The van der Waals surface area contributed by atoms with Crippen molar-refractivity contribution in [2.75, 3.05) is 13.1 Å². The van der Waals surface area contributed by atoms with Crippen LogP contribution < -0.4 is 10.9 Å². The topological polar surface area (TPSA) is 84.3 Å². The van der Waals surface area contributed by atoms with Crippen molar-refractivity contribution in [3.8, 4) is 0 Å². The highest BCUT2D eigenvalue weighted by Gasteiger charge is 2.28. The number of amides is 2. The Morgan fingerprint density at radius 3 is 2.67 bits per heavy atom. The first kappa shape index (κ1) is 19.1. The van der Waals surface area contributed by atoms with Gasteiger partial charge < -0.3 is 10.2 Å². The molecule has 0 bridgehead atoms. The number of piperidine rings is 1. The van der Waals surface area contributed by atoms with Crippen LogP contribution in [0.15, 0.2) is 29.1 Å². The number of nitrogens with zero attached hydrogens (tertiary/aromatic N) is 3. The molecule has 3 rings (SSSR count). The Balaban J connectivity index is 1.88. The summed E-state index contributed by atoms with van der Waals surface area (Å²) in [4.78, 5) is 39.3. The van der Waals surface area contributed by atoms with E-state index in [1.54, 1.807) is 29.2 Å². The molecule has 1 aliphatic heterocycles. The first-order chi connectivity index (χ1) is 13.0. The molecule has 1 atom stereocenters. The van der Waals surface area contributed by atoms with Crippen molar-refractivity contribution in [3.63, 3.8) is 0 Å². The molecule has 1 unspecified atom stereocenters. The number of carbonyl (C=O) groups excluding carboxylic acids is 2. The van der Waals surface area contributed by atoms with E-state index in [2.05, 4.69) is 10.4 Å². The number of carbonyl (C=O) groups is 2. The Labute approximate surface area is 158 Å². The maximum absolute atomic E-state index is 13.2. The summed E-state index contributed by atoms with van der Waals surface area (Å²) in [5.41, 5.74) is 0.112. The van der Waals surface area contributed by atoms with Gasteiger partial charge in [-0.25, -0.2) is 4.68 Å². The van der Waals surface area contributed by atoms with Crippen LogP contribution in [0.5, 0.6) is 0 Å². The average molecular weight is 370 g/mol. The number of rotatable bonds is 5. The van der Waals surface area contributed by atoms with Crippen molar-refractivity contribution >= 4 is 22.6 Å². The van der Waals surface area contributed by atoms with Crippen molar-refractivity contribution in [1.29, 1.82) is 0 Å².